The third-order valence-electron chi connectivity index (χ3n) is 6.82. The smallest absolute Gasteiger partial charge is 0.222 e. The number of methoxy groups -OCH3 is 2. The normalized spacial score (nSPS) is 18.4. The van der Waals surface area contributed by atoms with Crippen LogP contribution in [0.3, 0.4) is 0 Å². The van der Waals surface area contributed by atoms with Crippen LogP contribution in [0.2, 0.25) is 0 Å². The highest BCUT2D eigenvalue weighted by atomic mass is 16.5. The Hall–Kier alpha value is -4.33. The minimum absolute atomic E-state index is 0.0414. The maximum Gasteiger partial charge on any atom is 0.222 e. The molecular weight excluding hydrogens is 456 g/mol. The zero-order chi connectivity index (χ0) is 24.6. The summed E-state index contributed by atoms with van der Waals surface area (Å²) in [7, 11) is 3.30. The second-order valence-corrected chi connectivity index (χ2v) is 9.03. The summed E-state index contributed by atoms with van der Waals surface area (Å²) in [6, 6.07) is 17.7. The van der Waals surface area contributed by atoms with Gasteiger partial charge in [0.1, 0.15) is 23.1 Å². The molecule has 0 fully saturated rings. The van der Waals surface area contributed by atoms with Crippen LogP contribution >= 0.6 is 0 Å². The predicted molar refractivity (Wildman–Crippen MR) is 137 cm³/mol. The molecule has 0 spiro atoms. The molecule has 36 heavy (non-hydrogen) atoms. The average molecular weight is 483 g/mol. The number of benzene rings is 3. The van der Waals surface area contributed by atoms with E-state index in [1.165, 1.54) is 0 Å². The zero-order valence-electron chi connectivity index (χ0n) is 20.1. The molecule has 2 unspecified atom stereocenters. The molecule has 182 valence electrons. The van der Waals surface area contributed by atoms with Crippen molar-refractivity contribution >= 4 is 17.1 Å². The summed E-state index contributed by atoms with van der Waals surface area (Å²) in [5.41, 5.74) is 7.61. The van der Waals surface area contributed by atoms with Crippen molar-refractivity contribution in [1.29, 1.82) is 0 Å². The van der Waals surface area contributed by atoms with Crippen molar-refractivity contribution in [3.63, 3.8) is 0 Å². The molecule has 3 heterocycles. The molecule has 4 aromatic rings. The van der Waals surface area contributed by atoms with E-state index in [1.54, 1.807) is 14.2 Å². The fourth-order valence-electron chi connectivity index (χ4n) is 4.88. The minimum Gasteiger partial charge on any atom is -0.497 e. The van der Waals surface area contributed by atoms with Crippen molar-refractivity contribution < 1.29 is 19.3 Å². The summed E-state index contributed by atoms with van der Waals surface area (Å²) in [6.07, 6.45) is 2.57. The molecule has 1 aromatic heterocycles. The van der Waals surface area contributed by atoms with Gasteiger partial charge in [-0.15, -0.1) is 0 Å². The second kappa shape index (κ2) is 9.03. The first kappa shape index (κ1) is 22.2. The molecular formula is C28H26N4O4. The summed E-state index contributed by atoms with van der Waals surface area (Å²) in [5.74, 6) is 2.86. The maximum atomic E-state index is 11.1. The topological polar surface area (TPSA) is 98.1 Å². The van der Waals surface area contributed by atoms with Crippen molar-refractivity contribution in [2.24, 2.45) is 5.10 Å². The summed E-state index contributed by atoms with van der Waals surface area (Å²) < 4.78 is 16.9. The lowest BCUT2D eigenvalue weighted by Crippen LogP contribution is -2.21. The molecule has 8 nitrogen and oxygen atoms in total. The van der Waals surface area contributed by atoms with E-state index in [2.05, 4.69) is 21.6 Å². The number of aromatic hydroxyl groups is 1. The lowest BCUT2D eigenvalue weighted by atomic mass is 9.92. The molecule has 6 rings (SSSR count). The summed E-state index contributed by atoms with van der Waals surface area (Å²) in [6.45, 7) is 1.13. The number of fused-ring (bicyclic) bond motifs is 2. The number of hydrogen-bond acceptors (Lipinski definition) is 8. The molecule has 2 N–H and O–H groups in total. The number of hydrogen-bond donors (Lipinski definition) is 2. The Morgan fingerprint density at radius 1 is 1.00 bits per heavy atom. The van der Waals surface area contributed by atoms with Gasteiger partial charge in [0.2, 0.25) is 5.88 Å². The number of nitrogens with one attached hydrogen (secondary N) is 1. The zero-order valence-corrected chi connectivity index (χ0v) is 20.1. The van der Waals surface area contributed by atoms with Crippen LogP contribution < -0.4 is 19.6 Å². The molecule has 0 radical (unpaired) electrons. The van der Waals surface area contributed by atoms with Gasteiger partial charge in [0.25, 0.3) is 0 Å². The standard InChI is InChI=1S/C28H26N4O4/c1-34-21-5-3-4-16(9-21)23-11-17(20-13-29-30-14-20)12-24-26(23)31-27(32-28(24)33)19-8-18-10-22(35-2)6-7-25(18)36-15-19/h3-7,9-13,19-20,30H,8,14-15H2,1-2H3,(H,31,32,33). The third kappa shape index (κ3) is 3.94. The maximum absolute atomic E-state index is 11.1. The fraction of sp³-hybridized carbons (Fsp3) is 0.250. The van der Waals surface area contributed by atoms with Crippen LogP contribution in [0.5, 0.6) is 23.1 Å². The molecule has 0 amide bonds. The molecule has 0 bridgehead atoms. The largest absolute Gasteiger partial charge is 0.497 e. The number of aromatic nitrogens is 2. The van der Waals surface area contributed by atoms with Gasteiger partial charge in [-0.3, -0.25) is 0 Å². The van der Waals surface area contributed by atoms with Crippen molar-refractivity contribution in [2.75, 3.05) is 27.4 Å². The van der Waals surface area contributed by atoms with Crippen LogP contribution in [0.25, 0.3) is 22.0 Å². The Kier molecular flexibility index (Phi) is 5.56. The molecule has 2 aliphatic heterocycles. The van der Waals surface area contributed by atoms with Gasteiger partial charge in [0, 0.05) is 24.2 Å². The summed E-state index contributed by atoms with van der Waals surface area (Å²) in [5, 5.41) is 15.9. The molecule has 8 heteroatoms. The third-order valence-corrected chi connectivity index (χ3v) is 6.82. The summed E-state index contributed by atoms with van der Waals surface area (Å²) >= 11 is 0. The molecule has 2 aliphatic rings. The quantitative estimate of drug-likeness (QED) is 0.435. The van der Waals surface area contributed by atoms with Gasteiger partial charge in [-0.05, 0) is 65.6 Å². The molecule has 2 atom stereocenters. The first-order valence-electron chi connectivity index (χ1n) is 11.9. The van der Waals surface area contributed by atoms with Gasteiger partial charge in [-0.1, -0.05) is 12.1 Å². The van der Waals surface area contributed by atoms with Gasteiger partial charge in [-0.25, -0.2) is 4.98 Å². The van der Waals surface area contributed by atoms with E-state index in [0.29, 0.717) is 36.3 Å². The highest BCUT2D eigenvalue weighted by molar-refractivity contribution is 5.97. The van der Waals surface area contributed by atoms with Gasteiger partial charge in [0.05, 0.1) is 37.6 Å². The van der Waals surface area contributed by atoms with Gasteiger partial charge < -0.3 is 24.7 Å². The van der Waals surface area contributed by atoms with Crippen LogP contribution in [0.15, 0.2) is 59.7 Å². The van der Waals surface area contributed by atoms with Crippen molar-refractivity contribution in [3.8, 4) is 34.3 Å². The Morgan fingerprint density at radius 3 is 2.67 bits per heavy atom. The highest BCUT2D eigenvalue weighted by Crippen LogP contribution is 2.39. The van der Waals surface area contributed by atoms with Crippen molar-refractivity contribution in [3.05, 3.63) is 71.5 Å². The molecule has 0 saturated heterocycles. The number of rotatable bonds is 5. The van der Waals surface area contributed by atoms with Gasteiger partial charge in [0.15, 0.2) is 0 Å². The fourth-order valence-corrected chi connectivity index (χ4v) is 4.88. The van der Waals surface area contributed by atoms with Crippen LogP contribution in [-0.2, 0) is 6.42 Å². The van der Waals surface area contributed by atoms with Crippen LogP contribution in [0, 0.1) is 0 Å². The lowest BCUT2D eigenvalue weighted by Gasteiger charge is -2.25. The average Bonchev–Trinajstić information content (AvgIpc) is 3.47. The van der Waals surface area contributed by atoms with Crippen molar-refractivity contribution in [2.45, 2.75) is 18.3 Å². The second-order valence-electron chi connectivity index (χ2n) is 9.03. The molecule has 0 aliphatic carbocycles. The van der Waals surface area contributed by atoms with E-state index in [1.807, 2.05) is 54.7 Å². The van der Waals surface area contributed by atoms with Gasteiger partial charge in [-0.2, -0.15) is 10.1 Å². The Balaban J connectivity index is 1.48. The van der Waals surface area contributed by atoms with E-state index in [-0.39, 0.29) is 17.7 Å². The monoisotopic (exact) mass is 482 g/mol. The predicted octanol–water partition coefficient (Wildman–Crippen LogP) is 4.41. The Bertz CT molecular complexity index is 1490. The molecule has 3 aromatic carbocycles. The number of ether oxygens (including phenoxy) is 3. The Labute approximate surface area is 208 Å². The molecule has 0 saturated carbocycles. The van der Waals surface area contributed by atoms with E-state index in [0.717, 1.165) is 39.5 Å². The van der Waals surface area contributed by atoms with Crippen LogP contribution in [-0.4, -0.2) is 48.7 Å². The minimum atomic E-state index is -0.107. The van der Waals surface area contributed by atoms with E-state index in [9.17, 15) is 5.11 Å². The van der Waals surface area contributed by atoms with E-state index >= 15 is 0 Å². The Morgan fingerprint density at radius 2 is 1.86 bits per heavy atom. The first-order chi connectivity index (χ1) is 17.6. The van der Waals surface area contributed by atoms with E-state index in [4.69, 9.17) is 19.2 Å². The van der Waals surface area contributed by atoms with E-state index < -0.39 is 0 Å². The summed E-state index contributed by atoms with van der Waals surface area (Å²) in [4.78, 5) is 9.54. The van der Waals surface area contributed by atoms with Crippen LogP contribution in [0.1, 0.15) is 28.8 Å². The van der Waals surface area contributed by atoms with Gasteiger partial charge >= 0.3 is 0 Å². The highest BCUT2D eigenvalue weighted by Gasteiger charge is 2.27. The number of nitrogens with zero attached hydrogens (tertiary/aromatic N) is 3. The van der Waals surface area contributed by atoms with Crippen molar-refractivity contribution in [1.82, 2.24) is 15.4 Å². The van der Waals surface area contributed by atoms with Crippen LogP contribution in [0.4, 0.5) is 0 Å². The number of hydrazone groups is 1. The lowest BCUT2D eigenvalue weighted by molar-refractivity contribution is 0.256. The SMILES string of the molecule is COc1cccc(-c2cc(C3C=NNC3)cc3c(O)nc(C4COc5ccc(OC)cc5C4)nc23)c1. The first-order valence-corrected chi connectivity index (χ1v) is 11.9.